The van der Waals surface area contributed by atoms with Gasteiger partial charge < -0.3 is 14.8 Å². The van der Waals surface area contributed by atoms with E-state index in [0.29, 0.717) is 6.42 Å². The molecule has 0 aromatic heterocycles. The van der Waals surface area contributed by atoms with Gasteiger partial charge in [0.25, 0.3) is 0 Å². The van der Waals surface area contributed by atoms with E-state index in [4.69, 9.17) is 9.47 Å². The molecule has 0 aliphatic rings. The van der Waals surface area contributed by atoms with Crippen molar-refractivity contribution in [3.63, 3.8) is 0 Å². The van der Waals surface area contributed by atoms with E-state index in [2.05, 4.69) is 24.4 Å². The van der Waals surface area contributed by atoms with E-state index in [1.165, 1.54) is 12.7 Å². The maximum atomic E-state index is 11.9. The molecule has 23 heavy (non-hydrogen) atoms. The molecule has 128 valence electrons. The lowest BCUT2D eigenvalue weighted by Gasteiger charge is -2.22. The molecule has 0 saturated carbocycles. The topological polar surface area (TPSA) is 64.6 Å². The maximum Gasteiger partial charge on any atom is 0.408 e. The van der Waals surface area contributed by atoms with Gasteiger partial charge in [-0.1, -0.05) is 37.6 Å². The summed E-state index contributed by atoms with van der Waals surface area (Å²) in [4.78, 5) is 23.8. The smallest absolute Gasteiger partial charge is 0.408 e. The van der Waals surface area contributed by atoms with Gasteiger partial charge in [-0.3, -0.25) is 0 Å². The Balaban J connectivity index is 2.81. The summed E-state index contributed by atoms with van der Waals surface area (Å²) < 4.78 is 9.99. The number of benzene rings is 1. The summed E-state index contributed by atoms with van der Waals surface area (Å²) in [5.74, 6) is -0.489. The maximum absolute atomic E-state index is 11.9. The highest BCUT2D eigenvalue weighted by Crippen LogP contribution is 2.12. The van der Waals surface area contributed by atoms with Crippen LogP contribution in [0.4, 0.5) is 4.79 Å². The molecular formula is C18H27NO4. The number of alkyl carbamates (subject to hydrolysis) is 1. The van der Waals surface area contributed by atoms with Crippen LogP contribution in [0.3, 0.4) is 0 Å². The number of hydrogen-bond acceptors (Lipinski definition) is 4. The minimum Gasteiger partial charge on any atom is -0.467 e. The van der Waals surface area contributed by atoms with Crippen LogP contribution in [-0.2, 0) is 27.1 Å². The molecule has 1 amide bonds. The van der Waals surface area contributed by atoms with Gasteiger partial charge in [-0.05, 0) is 38.3 Å². The molecule has 0 unspecified atom stereocenters. The molecule has 1 atom stereocenters. The Kier molecular flexibility index (Phi) is 7.07. The third-order valence-electron chi connectivity index (χ3n) is 3.15. The molecule has 1 aromatic rings. The van der Waals surface area contributed by atoms with E-state index >= 15 is 0 Å². The van der Waals surface area contributed by atoms with Crippen LogP contribution in [0.1, 0.15) is 45.2 Å². The van der Waals surface area contributed by atoms with E-state index in [0.717, 1.165) is 18.4 Å². The number of amides is 1. The van der Waals surface area contributed by atoms with Gasteiger partial charge in [0.05, 0.1) is 7.11 Å². The fourth-order valence-corrected chi connectivity index (χ4v) is 2.22. The van der Waals surface area contributed by atoms with Gasteiger partial charge in [-0.15, -0.1) is 0 Å². The lowest BCUT2D eigenvalue weighted by Crippen LogP contribution is -2.45. The number of ether oxygens (including phenoxy) is 2. The van der Waals surface area contributed by atoms with Crippen molar-refractivity contribution < 1.29 is 19.1 Å². The largest absolute Gasteiger partial charge is 0.467 e. The molecule has 5 heteroatoms. The monoisotopic (exact) mass is 321 g/mol. The first-order chi connectivity index (χ1) is 10.7. The molecule has 1 N–H and O–H groups in total. The number of carbonyl (C=O) groups excluding carboxylic acids is 2. The van der Waals surface area contributed by atoms with Gasteiger partial charge in [0.1, 0.15) is 11.6 Å². The molecule has 1 aromatic carbocycles. The van der Waals surface area contributed by atoms with Crippen molar-refractivity contribution in [3.05, 3.63) is 35.4 Å². The minimum absolute atomic E-state index is 0.365. The number of rotatable bonds is 6. The standard InChI is InChI=1S/C18H27NO4/c1-6-8-13-9-7-10-14(11-13)12-15(16(20)22-5)19-17(21)23-18(2,3)4/h7,9-11,15H,6,8,12H2,1-5H3,(H,19,21)/t15-/m0/s1. The van der Waals surface area contributed by atoms with Gasteiger partial charge in [0.15, 0.2) is 0 Å². The van der Waals surface area contributed by atoms with E-state index in [9.17, 15) is 9.59 Å². The molecule has 1 rings (SSSR count). The average Bonchev–Trinajstić information content (AvgIpc) is 2.44. The molecule has 5 nitrogen and oxygen atoms in total. The summed E-state index contributed by atoms with van der Waals surface area (Å²) in [7, 11) is 1.31. The molecule has 0 heterocycles. The SMILES string of the molecule is CCCc1cccc(C[C@H](NC(=O)OC(C)(C)C)C(=O)OC)c1. The third kappa shape index (κ3) is 7.17. The van der Waals surface area contributed by atoms with Crippen molar-refractivity contribution in [2.24, 2.45) is 0 Å². The first-order valence-corrected chi connectivity index (χ1v) is 7.90. The Bertz CT molecular complexity index is 534. The number of aryl methyl sites for hydroxylation is 1. The quantitative estimate of drug-likeness (QED) is 0.817. The Morgan fingerprint density at radius 1 is 1.22 bits per heavy atom. The first-order valence-electron chi connectivity index (χ1n) is 7.90. The normalized spacial score (nSPS) is 12.4. The average molecular weight is 321 g/mol. The number of carbonyl (C=O) groups is 2. The van der Waals surface area contributed by atoms with Crippen LogP contribution in [0.5, 0.6) is 0 Å². The highest BCUT2D eigenvalue weighted by atomic mass is 16.6. The summed E-state index contributed by atoms with van der Waals surface area (Å²) >= 11 is 0. The second kappa shape index (κ2) is 8.56. The lowest BCUT2D eigenvalue weighted by molar-refractivity contribution is -0.143. The molecule has 0 aliphatic carbocycles. The van der Waals surface area contributed by atoms with Crippen LogP contribution in [0, 0.1) is 0 Å². The fourth-order valence-electron chi connectivity index (χ4n) is 2.22. The summed E-state index contributed by atoms with van der Waals surface area (Å²) in [6, 6.07) is 7.23. The van der Waals surface area contributed by atoms with Crippen molar-refractivity contribution in [1.29, 1.82) is 0 Å². The molecule has 0 aliphatic heterocycles. The Labute approximate surface area is 138 Å². The molecule has 0 bridgehead atoms. The van der Waals surface area contributed by atoms with E-state index < -0.39 is 23.7 Å². The van der Waals surface area contributed by atoms with Gasteiger partial charge >= 0.3 is 12.1 Å². The Morgan fingerprint density at radius 3 is 2.43 bits per heavy atom. The predicted octanol–water partition coefficient (Wildman–Crippen LogP) is 3.25. The molecular weight excluding hydrogens is 294 g/mol. The second-order valence-electron chi connectivity index (χ2n) is 6.50. The summed E-state index contributed by atoms with van der Waals surface area (Å²) in [5.41, 5.74) is 1.57. The minimum atomic E-state index is -0.772. The van der Waals surface area contributed by atoms with Crippen LogP contribution in [0.25, 0.3) is 0 Å². The van der Waals surface area contributed by atoms with Crippen molar-refractivity contribution in [2.75, 3.05) is 7.11 Å². The van der Waals surface area contributed by atoms with E-state index in [-0.39, 0.29) is 0 Å². The van der Waals surface area contributed by atoms with E-state index in [1.807, 2.05) is 12.1 Å². The number of nitrogens with one attached hydrogen (secondary N) is 1. The van der Waals surface area contributed by atoms with Crippen LogP contribution in [-0.4, -0.2) is 30.8 Å². The zero-order chi connectivity index (χ0) is 17.5. The van der Waals surface area contributed by atoms with Crippen LogP contribution >= 0.6 is 0 Å². The fraction of sp³-hybridized carbons (Fsp3) is 0.556. The molecule has 0 spiro atoms. The third-order valence-corrected chi connectivity index (χ3v) is 3.15. The number of methoxy groups -OCH3 is 1. The summed E-state index contributed by atoms with van der Waals surface area (Å²) in [6.45, 7) is 7.43. The molecule has 0 radical (unpaired) electrons. The van der Waals surface area contributed by atoms with Crippen LogP contribution in [0.2, 0.25) is 0 Å². The number of esters is 1. The van der Waals surface area contributed by atoms with Gasteiger partial charge in [-0.2, -0.15) is 0 Å². The van der Waals surface area contributed by atoms with Crippen LogP contribution in [0.15, 0.2) is 24.3 Å². The number of hydrogen-bond donors (Lipinski definition) is 1. The van der Waals surface area contributed by atoms with E-state index in [1.54, 1.807) is 20.8 Å². The zero-order valence-corrected chi connectivity index (χ0v) is 14.6. The second-order valence-corrected chi connectivity index (χ2v) is 6.50. The molecule has 0 fully saturated rings. The lowest BCUT2D eigenvalue weighted by atomic mass is 10.0. The first kappa shape index (κ1) is 19.0. The Morgan fingerprint density at radius 2 is 1.87 bits per heavy atom. The van der Waals surface area contributed by atoms with Gasteiger partial charge in [-0.25, -0.2) is 9.59 Å². The van der Waals surface area contributed by atoms with Crippen molar-refractivity contribution in [1.82, 2.24) is 5.32 Å². The highest BCUT2D eigenvalue weighted by Gasteiger charge is 2.25. The zero-order valence-electron chi connectivity index (χ0n) is 14.6. The summed E-state index contributed by atoms with van der Waals surface area (Å²) in [5, 5.41) is 2.59. The van der Waals surface area contributed by atoms with Crippen molar-refractivity contribution in [3.8, 4) is 0 Å². The Hall–Kier alpha value is -2.04. The van der Waals surface area contributed by atoms with Gasteiger partial charge in [0.2, 0.25) is 0 Å². The highest BCUT2D eigenvalue weighted by molar-refractivity contribution is 5.81. The molecule has 0 saturated heterocycles. The van der Waals surface area contributed by atoms with Crippen LogP contribution < -0.4 is 5.32 Å². The van der Waals surface area contributed by atoms with Crippen molar-refractivity contribution >= 4 is 12.1 Å². The van der Waals surface area contributed by atoms with Gasteiger partial charge in [0, 0.05) is 6.42 Å². The van der Waals surface area contributed by atoms with Crippen molar-refractivity contribution in [2.45, 2.75) is 58.6 Å². The summed E-state index contributed by atoms with van der Waals surface area (Å²) in [6.07, 6.45) is 1.78. The predicted molar refractivity (Wildman–Crippen MR) is 89.3 cm³/mol.